The number of nitrogens with one attached hydrogen (secondary N) is 1. The van der Waals surface area contributed by atoms with Gasteiger partial charge in [-0.1, -0.05) is 37.3 Å². The van der Waals surface area contributed by atoms with Gasteiger partial charge in [-0.25, -0.2) is 0 Å². The quantitative estimate of drug-likeness (QED) is 0.919. The third-order valence-electron chi connectivity index (χ3n) is 2.45. The Morgan fingerprint density at radius 2 is 2.10 bits per heavy atom. The molecule has 0 atom stereocenters. The Labute approximate surface area is 122 Å². The number of carbonyl (C=O) groups excluding carboxylic acids is 1. The molecule has 0 bridgehead atoms. The van der Waals surface area contributed by atoms with Crippen LogP contribution < -0.4 is 10.1 Å². The number of hydrogen-bond acceptors (Lipinski definition) is 5. The summed E-state index contributed by atoms with van der Waals surface area (Å²) < 4.78 is 5.67. The highest BCUT2D eigenvalue weighted by atomic mass is 32.1. The summed E-state index contributed by atoms with van der Waals surface area (Å²) in [7, 11) is 0. The highest BCUT2D eigenvalue weighted by molar-refractivity contribution is 7.15. The van der Waals surface area contributed by atoms with E-state index in [1.54, 1.807) is 12.1 Å². The van der Waals surface area contributed by atoms with Gasteiger partial charge in [-0.05, 0) is 25.0 Å². The number of rotatable bonds is 5. The van der Waals surface area contributed by atoms with Crippen LogP contribution in [0.2, 0.25) is 0 Å². The van der Waals surface area contributed by atoms with E-state index in [4.69, 9.17) is 4.74 Å². The summed E-state index contributed by atoms with van der Waals surface area (Å²) in [6.45, 7) is 6.54. The molecule has 0 saturated heterocycles. The van der Waals surface area contributed by atoms with Crippen molar-refractivity contribution in [1.29, 1.82) is 0 Å². The minimum absolute atomic E-state index is 0.236. The van der Waals surface area contributed by atoms with Crippen LogP contribution in [0, 0.1) is 12.8 Å². The molecule has 2 rings (SSSR count). The van der Waals surface area contributed by atoms with Crippen molar-refractivity contribution in [3.8, 4) is 5.75 Å². The molecule has 0 saturated carbocycles. The van der Waals surface area contributed by atoms with Crippen LogP contribution in [-0.4, -0.2) is 22.7 Å². The van der Waals surface area contributed by atoms with Crippen LogP contribution >= 0.6 is 11.3 Å². The van der Waals surface area contributed by atoms with E-state index in [0.29, 0.717) is 29.0 Å². The number of nitrogens with zero attached hydrogens (tertiary/aromatic N) is 2. The van der Waals surface area contributed by atoms with Crippen LogP contribution in [0.25, 0.3) is 0 Å². The standard InChI is InChI=1S/C14H17N3O2S/c1-9(2)8-19-12-7-5-4-6-11(12)13(18)15-14-17-16-10(3)20-14/h4-7,9H,8H2,1-3H3,(H,15,17,18). The molecule has 1 amide bonds. The summed E-state index contributed by atoms with van der Waals surface area (Å²) in [6, 6.07) is 7.19. The lowest BCUT2D eigenvalue weighted by molar-refractivity contribution is 0.102. The number of para-hydroxylation sites is 1. The average Bonchev–Trinajstić information content (AvgIpc) is 2.82. The molecule has 0 aliphatic rings. The van der Waals surface area contributed by atoms with Crippen molar-refractivity contribution in [2.75, 3.05) is 11.9 Å². The number of hydrogen-bond donors (Lipinski definition) is 1. The SMILES string of the molecule is Cc1nnc(NC(=O)c2ccccc2OCC(C)C)s1. The van der Waals surface area contributed by atoms with Crippen molar-refractivity contribution in [2.45, 2.75) is 20.8 Å². The number of amides is 1. The number of benzene rings is 1. The van der Waals surface area contributed by atoms with Crippen molar-refractivity contribution in [2.24, 2.45) is 5.92 Å². The first-order valence-electron chi connectivity index (χ1n) is 6.39. The largest absolute Gasteiger partial charge is 0.492 e. The maximum absolute atomic E-state index is 12.2. The topological polar surface area (TPSA) is 64.1 Å². The van der Waals surface area contributed by atoms with Crippen LogP contribution in [-0.2, 0) is 0 Å². The Bertz CT molecular complexity index is 596. The molecule has 0 aliphatic carbocycles. The Balaban J connectivity index is 2.12. The number of anilines is 1. The van der Waals surface area contributed by atoms with E-state index in [0.717, 1.165) is 5.01 Å². The lowest BCUT2D eigenvalue weighted by Crippen LogP contribution is -2.14. The zero-order valence-corrected chi connectivity index (χ0v) is 12.5. The van der Waals surface area contributed by atoms with Crippen molar-refractivity contribution < 1.29 is 9.53 Å². The summed E-state index contributed by atoms with van der Waals surface area (Å²) in [5.41, 5.74) is 0.501. The fourth-order valence-electron chi connectivity index (χ4n) is 1.55. The first-order valence-corrected chi connectivity index (χ1v) is 7.21. The molecule has 1 N–H and O–H groups in total. The molecule has 0 spiro atoms. The van der Waals surface area contributed by atoms with E-state index >= 15 is 0 Å². The van der Waals surface area contributed by atoms with Gasteiger partial charge in [-0.3, -0.25) is 10.1 Å². The number of ether oxygens (including phenoxy) is 1. The van der Waals surface area contributed by atoms with Gasteiger partial charge in [0.05, 0.1) is 12.2 Å². The molecule has 6 heteroatoms. The smallest absolute Gasteiger partial charge is 0.261 e. The first kappa shape index (κ1) is 14.5. The van der Waals surface area contributed by atoms with E-state index in [1.807, 2.05) is 19.1 Å². The molecule has 0 fully saturated rings. The van der Waals surface area contributed by atoms with Crippen molar-refractivity contribution >= 4 is 22.4 Å². The normalized spacial score (nSPS) is 10.6. The molecule has 0 unspecified atom stereocenters. The zero-order chi connectivity index (χ0) is 14.5. The van der Waals surface area contributed by atoms with Gasteiger partial charge >= 0.3 is 0 Å². The zero-order valence-electron chi connectivity index (χ0n) is 11.7. The van der Waals surface area contributed by atoms with E-state index in [2.05, 4.69) is 29.4 Å². The van der Waals surface area contributed by atoms with Gasteiger partial charge in [0.25, 0.3) is 5.91 Å². The van der Waals surface area contributed by atoms with E-state index in [-0.39, 0.29) is 5.91 Å². The van der Waals surface area contributed by atoms with Gasteiger partial charge < -0.3 is 4.74 Å². The second kappa shape index (κ2) is 6.47. The lowest BCUT2D eigenvalue weighted by Gasteiger charge is -2.12. The predicted molar refractivity (Wildman–Crippen MR) is 79.4 cm³/mol. The average molecular weight is 291 g/mol. The lowest BCUT2D eigenvalue weighted by atomic mass is 10.2. The fourth-order valence-corrected chi connectivity index (χ4v) is 2.13. The second-order valence-corrected chi connectivity index (χ2v) is 5.96. The van der Waals surface area contributed by atoms with E-state index < -0.39 is 0 Å². The third-order valence-corrected chi connectivity index (χ3v) is 3.20. The van der Waals surface area contributed by atoms with Crippen LogP contribution in [0.4, 0.5) is 5.13 Å². The minimum atomic E-state index is -0.236. The number of carbonyl (C=O) groups is 1. The third kappa shape index (κ3) is 3.77. The maximum atomic E-state index is 12.2. The minimum Gasteiger partial charge on any atom is -0.492 e. The molecule has 1 aromatic heterocycles. The summed E-state index contributed by atoms with van der Waals surface area (Å²) in [6.07, 6.45) is 0. The maximum Gasteiger partial charge on any atom is 0.261 e. The molecule has 5 nitrogen and oxygen atoms in total. The van der Waals surface area contributed by atoms with Crippen LogP contribution in [0.1, 0.15) is 29.2 Å². The molecular weight excluding hydrogens is 274 g/mol. The Kier molecular flexibility index (Phi) is 4.68. The predicted octanol–water partition coefficient (Wildman–Crippen LogP) is 3.13. The van der Waals surface area contributed by atoms with Gasteiger partial charge in [0, 0.05) is 0 Å². The monoisotopic (exact) mass is 291 g/mol. The number of aryl methyl sites for hydroxylation is 1. The fraction of sp³-hybridized carbons (Fsp3) is 0.357. The number of aromatic nitrogens is 2. The van der Waals surface area contributed by atoms with Crippen molar-refractivity contribution in [3.63, 3.8) is 0 Å². The van der Waals surface area contributed by atoms with Crippen LogP contribution in [0.3, 0.4) is 0 Å². The molecule has 0 radical (unpaired) electrons. The Hall–Kier alpha value is -1.95. The molecule has 2 aromatic rings. The van der Waals surface area contributed by atoms with Gasteiger partial charge in [0.1, 0.15) is 10.8 Å². The van der Waals surface area contributed by atoms with Gasteiger partial charge in [-0.15, -0.1) is 10.2 Å². The van der Waals surface area contributed by atoms with E-state index in [9.17, 15) is 4.79 Å². The molecule has 20 heavy (non-hydrogen) atoms. The molecular formula is C14H17N3O2S. The van der Waals surface area contributed by atoms with E-state index in [1.165, 1.54) is 11.3 Å². The van der Waals surface area contributed by atoms with Crippen molar-refractivity contribution in [3.05, 3.63) is 34.8 Å². The van der Waals surface area contributed by atoms with Crippen molar-refractivity contribution in [1.82, 2.24) is 10.2 Å². The second-order valence-electron chi connectivity index (χ2n) is 4.78. The molecule has 106 valence electrons. The van der Waals surface area contributed by atoms with Crippen LogP contribution in [0.5, 0.6) is 5.75 Å². The summed E-state index contributed by atoms with van der Waals surface area (Å²) in [5.74, 6) is 0.748. The highest BCUT2D eigenvalue weighted by Gasteiger charge is 2.14. The van der Waals surface area contributed by atoms with Gasteiger partial charge in [-0.2, -0.15) is 0 Å². The highest BCUT2D eigenvalue weighted by Crippen LogP contribution is 2.21. The summed E-state index contributed by atoms with van der Waals surface area (Å²) >= 11 is 1.34. The summed E-state index contributed by atoms with van der Waals surface area (Å²) in [4.78, 5) is 12.2. The van der Waals surface area contributed by atoms with Gasteiger partial charge in [0.2, 0.25) is 5.13 Å². The van der Waals surface area contributed by atoms with Crippen LogP contribution in [0.15, 0.2) is 24.3 Å². The van der Waals surface area contributed by atoms with Gasteiger partial charge in [0.15, 0.2) is 0 Å². The molecule has 0 aliphatic heterocycles. The Morgan fingerprint density at radius 1 is 1.35 bits per heavy atom. The Morgan fingerprint density at radius 3 is 2.75 bits per heavy atom. The first-order chi connectivity index (χ1) is 9.56. The molecule has 1 aromatic carbocycles. The molecule has 1 heterocycles. The summed E-state index contributed by atoms with van der Waals surface area (Å²) in [5, 5.41) is 11.8.